The van der Waals surface area contributed by atoms with Crippen LogP contribution in [0, 0.1) is 0 Å². The molecule has 0 aromatic heterocycles. The summed E-state index contributed by atoms with van der Waals surface area (Å²) >= 11 is 0. The topological polar surface area (TPSA) is 52.6 Å². The Hall–Kier alpha value is -0.610. The quantitative estimate of drug-likeness (QED) is 0.583. The molecule has 0 saturated heterocycles. The molecule has 0 aromatic carbocycles. The van der Waals surface area contributed by atoms with Crippen molar-refractivity contribution in [3.05, 3.63) is 0 Å². The molecule has 0 rings (SSSR count). The molecule has 1 amide bonds. The van der Waals surface area contributed by atoms with E-state index in [4.69, 9.17) is 5.11 Å². The zero-order chi connectivity index (χ0) is 10.1. The Morgan fingerprint density at radius 1 is 1.38 bits per heavy atom. The van der Waals surface area contributed by atoms with Gasteiger partial charge in [0.25, 0.3) is 0 Å². The zero-order valence-electron chi connectivity index (χ0n) is 8.55. The SMILES string of the molecule is CCCN(CCO)CCC(=O)NC. The third-order valence-electron chi connectivity index (χ3n) is 1.89. The highest BCUT2D eigenvalue weighted by molar-refractivity contribution is 5.75. The Bertz CT molecular complexity index is 134. The second-order valence-electron chi connectivity index (χ2n) is 2.99. The van der Waals surface area contributed by atoms with Gasteiger partial charge in [0.05, 0.1) is 6.61 Å². The minimum absolute atomic E-state index is 0.0547. The molecule has 0 fully saturated rings. The van der Waals surface area contributed by atoms with Gasteiger partial charge in [-0.1, -0.05) is 6.92 Å². The number of carbonyl (C=O) groups excluding carboxylic acids is 1. The van der Waals surface area contributed by atoms with E-state index in [9.17, 15) is 4.79 Å². The van der Waals surface area contributed by atoms with Crippen LogP contribution in [-0.4, -0.2) is 49.2 Å². The first-order valence-corrected chi connectivity index (χ1v) is 4.78. The minimum atomic E-state index is 0.0547. The molecule has 0 aliphatic heterocycles. The van der Waals surface area contributed by atoms with Crippen molar-refractivity contribution >= 4 is 5.91 Å². The highest BCUT2D eigenvalue weighted by Crippen LogP contribution is 1.93. The lowest BCUT2D eigenvalue weighted by Crippen LogP contribution is -2.32. The molecule has 0 aliphatic rings. The molecule has 0 radical (unpaired) electrons. The van der Waals surface area contributed by atoms with Gasteiger partial charge in [-0.3, -0.25) is 4.79 Å². The number of amides is 1. The maximum absolute atomic E-state index is 10.9. The Morgan fingerprint density at radius 3 is 2.54 bits per heavy atom. The predicted molar refractivity (Wildman–Crippen MR) is 52.5 cm³/mol. The highest BCUT2D eigenvalue weighted by Gasteiger charge is 2.05. The third-order valence-corrected chi connectivity index (χ3v) is 1.89. The molecule has 0 saturated carbocycles. The molecule has 0 atom stereocenters. The number of carbonyl (C=O) groups is 1. The van der Waals surface area contributed by atoms with Crippen LogP contribution >= 0.6 is 0 Å². The van der Waals surface area contributed by atoms with Crippen LogP contribution in [0.25, 0.3) is 0 Å². The second kappa shape index (κ2) is 8.01. The fourth-order valence-electron chi connectivity index (χ4n) is 1.18. The number of nitrogens with one attached hydrogen (secondary N) is 1. The number of nitrogens with zero attached hydrogens (tertiary/aromatic N) is 1. The monoisotopic (exact) mass is 188 g/mol. The number of hydrogen-bond acceptors (Lipinski definition) is 3. The summed E-state index contributed by atoms with van der Waals surface area (Å²) in [6.45, 7) is 4.58. The third kappa shape index (κ3) is 6.54. The van der Waals surface area contributed by atoms with Crippen molar-refractivity contribution in [2.24, 2.45) is 0 Å². The van der Waals surface area contributed by atoms with Gasteiger partial charge < -0.3 is 15.3 Å². The summed E-state index contributed by atoms with van der Waals surface area (Å²) < 4.78 is 0. The minimum Gasteiger partial charge on any atom is -0.395 e. The molecule has 0 unspecified atom stereocenters. The fourth-order valence-corrected chi connectivity index (χ4v) is 1.18. The molecule has 0 aromatic rings. The summed E-state index contributed by atoms with van der Waals surface area (Å²) in [6, 6.07) is 0. The second-order valence-corrected chi connectivity index (χ2v) is 2.99. The molecule has 0 heterocycles. The maximum Gasteiger partial charge on any atom is 0.221 e. The average Bonchev–Trinajstić information content (AvgIpc) is 2.14. The van der Waals surface area contributed by atoms with E-state index in [-0.39, 0.29) is 12.5 Å². The molecular formula is C9H20N2O2. The molecule has 2 N–H and O–H groups in total. The average molecular weight is 188 g/mol. The lowest BCUT2D eigenvalue weighted by atomic mass is 10.3. The Kier molecular flexibility index (Phi) is 7.63. The maximum atomic E-state index is 10.9. The summed E-state index contributed by atoms with van der Waals surface area (Å²) in [5, 5.41) is 11.3. The van der Waals surface area contributed by atoms with E-state index in [1.54, 1.807) is 7.05 Å². The predicted octanol–water partition coefficient (Wildman–Crippen LogP) is -0.173. The summed E-state index contributed by atoms with van der Waals surface area (Å²) in [5.74, 6) is 0.0547. The van der Waals surface area contributed by atoms with E-state index in [0.717, 1.165) is 19.5 Å². The Morgan fingerprint density at radius 2 is 2.08 bits per heavy atom. The van der Waals surface area contributed by atoms with Crippen molar-refractivity contribution in [1.82, 2.24) is 10.2 Å². The van der Waals surface area contributed by atoms with Gasteiger partial charge in [-0.15, -0.1) is 0 Å². The van der Waals surface area contributed by atoms with E-state index in [2.05, 4.69) is 17.1 Å². The first-order chi connectivity index (χ1) is 6.24. The van der Waals surface area contributed by atoms with Crippen molar-refractivity contribution in [1.29, 1.82) is 0 Å². The first-order valence-electron chi connectivity index (χ1n) is 4.78. The Balaban J connectivity index is 3.61. The smallest absolute Gasteiger partial charge is 0.221 e. The van der Waals surface area contributed by atoms with Crippen molar-refractivity contribution in [2.45, 2.75) is 19.8 Å². The molecule has 78 valence electrons. The molecule has 0 bridgehead atoms. The van der Waals surface area contributed by atoms with Gasteiger partial charge in [0.15, 0.2) is 0 Å². The van der Waals surface area contributed by atoms with E-state index in [1.165, 1.54) is 0 Å². The van der Waals surface area contributed by atoms with Crippen molar-refractivity contribution < 1.29 is 9.90 Å². The highest BCUT2D eigenvalue weighted by atomic mass is 16.3. The van der Waals surface area contributed by atoms with Crippen LogP contribution in [0.1, 0.15) is 19.8 Å². The van der Waals surface area contributed by atoms with Crippen LogP contribution in [-0.2, 0) is 4.79 Å². The van der Waals surface area contributed by atoms with Gasteiger partial charge in [-0.05, 0) is 13.0 Å². The van der Waals surface area contributed by atoms with Crippen LogP contribution in [0.15, 0.2) is 0 Å². The standard InChI is InChI=1S/C9H20N2O2/c1-3-5-11(7-8-12)6-4-9(13)10-2/h12H,3-8H2,1-2H3,(H,10,13). The van der Waals surface area contributed by atoms with E-state index in [1.807, 2.05) is 0 Å². The van der Waals surface area contributed by atoms with Crippen LogP contribution in [0.5, 0.6) is 0 Å². The molecule has 4 heteroatoms. The lowest BCUT2D eigenvalue weighted by Gasteiger charge is -2.19. The Labute approximate surface area is 79.9 Å². The van der Waals surface area contributed by atoms with Gasteiger partial charge in [0, 0.05) is 26.6 Å². The number of rotatable bonds is 7. The van der Waals surface area contributed by atoms with E-state index < -0.39 is 0 Å². The lowest BCUT2D eigenvalue weighted by molar-refractivity contribution is -0.120. The fraction of sp³-hybridized carbons (Fsp3) is 0.889. The van der Waals surface area contributed by atoms with Gasteiger partial charge in [0.1, 0.15) is 0 Å². The van der Waals surface area contributed by atoms with E-state index in [0.29, 0.717) is 13.0 Å². The molecule has 0 spiro atoms. The summed E-state index contributed by atoms with van der Waals surface area (Å²) in [4.78, 5) is 13.0. The van der Waals surface area contributed by atoms with Crippen LogP contribution in [0.4, 0.5) is 0 Å². The number of aliphatic hydroxyl groups is 1. The zero-order valence-corrected chi connectivity index (χ0v) is 8.55. The van der Waals surface area contributed by atoms with Gasteiger partial charge >= 0.3 is 0 Å². The number of aliphatic hydroxyl groups excluding tert-OH is 1. The van der Waals surface area contributed by atoms with Gasteiger partial charge in [-0.25, -0.2) is 0 Å². The van der Waals surface area contributed by atoms with Gasteiger partial charge in [-0.2, -0.15) is 0 Å². The normalized spacial score (nSPS) is 10.5. The first kappa shape index (κ1) is 12.4. The molecule has 0 aliphatic carbocycles. The van der Waals surface area contributed by atoms with Crippen molar-refractivity contribution in [3.8, 4) is 0 Å². The van der Waals surface area contributed by atoms with Gasteiger partial charge in [0.2, 0.25) is 5.91 Å². The summed E-state index contributed by atoms with van der Waals surface area (Å²) in [7, 11) is 1.64. The van der Waals surface area contributed by atoms with Crippen molar-refractivity contribution in [2.75, 3.05) is 33.3 Å². The molecule has 13 heavy (non-hydrogen) atoms. The molecular weight excluding hydrogens is 168 g/mol. The van der Waals surface area contributed by atoms with Crippen LogP contribution in [0.3, 0.4) is 0 Å². The van der Waals surface area contributed by atoms with Crippen LogP contribution in [0.2, 0.25) is 0 Å². The van der Waals surface area contributed by atoms with E-state index >= 15 is 0 Å². The largest absolute Gasteiger partial charge is 0.395 e. The summed E-state index contributed by atoms with van der Waals surface area (Å²) in [5.41, 5.74) is 0. The van der Waals surface area contributed by atoms with Crippen LogP contribution < -0.4 is 5.32 Å². The summed E-state index contributed by atoms with van der Waals surface area (Å²) in [6.07, 6.45) is 1.56. The van der Waals surface area contributed by atoms with Crippen molar-refractivity contribution in [3.63, 3.8) is 0 Å². The molecule has 4 nitrogen and oxygen atoms in total. The number of hydrogen-bond donors (Lipinski definition) is 2.